The van der Waals surface area contributed by atoms with E-state index < -0.39 is 0 Å². The molecule has 68 valence electrons. The topological polar surface area (TPSA) is 17.1 Å². The minimum absolute atomic E-state index is 0.221. The van der Waals surface area contributed by atoms with Gasteiger partial charge in [0.25, 0.3) is 0 Å². The minimum atomic E-state index is 0.221. The molecule has 0 aromatic carbocycles. The highest BCUT2D eigenvalue weighted by molar-refractivity contribution is 8.07. The Morgan fingerprint density at radius 2 is 2.17 bits per heavy atom. The van der Waals surface area contributed by atoms with Crippen LogP contribution in [-0.4, -0.2) is 28.3 Å². The Morgan fingerprint density at radius 3 is 2.67 bits per heavy atom. The third-order valence-corrected chi connectivity index (χ3v) is 4.34. The van der Waals surface area contributed by atoms with Crippen LogP contribution in [0.4, 0.5) is 0 Å². The van der Waals surface area contributed by atoms with Crippen LogP contribution in [0.3, 0.4) is 0 Å². The predicted octanol–water partition coefficient (Wildman–Crippen LogP) is 2.37. The standard InChI is InChI=1S/C9H14OS2/c1-7(2)5-8(10)9-6-11-3-4-12-9/h5,9H,3-4,6H2,1-2H3. The second kappa shape index (κ2) is 4.97. The second-order valence-corrected chi connectivity index (χ2v) is 5.52. The normalized spacial score (nSPS) is 23.3. The van der Waals surface area contributed by atoms with Gasteiger partial charge >= 0.3 is 0 Å². The van der Waals surface area contributed by atoms with Crippen LogP contribution in [0.2, 0.25) is 0 Å². The maximum atomic E-state index is 11.5. The molecule has 1 fully saturated rings. The molecule has 12 heavy (non-hydrogen) atoms. The van der Waals surface area contributed by atoms with Gasteiger partial charge in [-0.1, -0.05) is 5.57 Å². The molecule has 0 N–H and O–H groups in total. The lowest BCUT2D eigenvalue weighted by Crippen LogP contribution is -2.22. The summed E-state index contributed by atoms with van der Waals surface area (Å²) in [6, 6.07) is 0. The highest BCUT2D eigenvalue weighted by Crippen LogP contribution is 2.25. The summed E-state index contributed by atoms with van der Waals surface area (Å²) in [5.74, 6) is 3.61. The molecule has 1 nitrogen and oxygen atoms in total. The van der Waals surface area contributed by atoms with Gasteiger partial charge in [0, 0.05) is 17.3 Å². The van der Waals surface area contributed by atoms with Crippen molar-refractivity contribution in [3.05, 3.63) is 11.6 Å². The van der Waals surface area contributed by atoms with E-state index in [1.807, 2.05) is 25.6 Å². The van der Waals surface area contributed by atoms with Crippen molar-refractivity contribution in [3.8, 4) is 0 Å². The molecule has 1 rings (SSSR count). The molecule has 0 aliphatic carbocycles. The van der Waals surface area contributed by atoms with Crippen molar-refractivity contribution < 1.29 is 4.79 Å². The van der Waals surface area contributed by atoms with Crippen LogP contribution >= 0.6 is 23.5 Å². The van der Waals surface area contributed by atoms with Crippen LogP contribution in [0.25, 0.3) is 0 Å². The summed E-state index contributed by atoms with van der Waals surface area (Å²) < 4.78 is 0. The van der Waals surface area contributed by atoms with Crippen molar-refractivity contribution in [1.29, 1.82) is 0 Å². The molecule has 1 aliphatic rings. The smallest absolute Gasteiger partial charge is 0.169 e. The zero-order valence-corrected chi connectivity index (χ0v) is 9.13. The van der Waals surface area contributed by atoms with Gasteiger partial charge in [0.1, 0.15) is 0 Å². The predicted molar refractivity (Wildman–Crippen MR) is 58.0 cm³/mol. The lowest BCUT2D eigenvalue weighted by atomic mass is 10.2. The molecule has 0 aromatic heterocycles. The first-order valence-corrected chi connectivity index (χ1v) is 6.28. The molecule has 1 atom stereocenters. The maximum absolute atomic E-state index is 11.5. The van der Waals surface area contributed by atoms with Crippen LogP contribution in [-0.2, 0) is 4.79 Å². The summed E-state index contributed by atoms with van der Waals surface area (Å²) in [6.45, 7) is 3.94. The lowest BCUT2D eigenvalue weighted by Gasteiger charge is -2.18. The number of allylic oxidation sites excluding steroid dienone is 2. The zero-order chi connectivity index (χ0) is 8.97. The van der Waals surface area contributed by atoms with Crippen molar-refractivity contribution in [2.24, 2.45) is 0 Å². The van der Waals surface area contributed by atoms with Crippen molar-refractivity contribution >= 4 is 29.3 Å². The number of thioether (sulfide) groups is 2. The number of hydrogen-bond acceptors (Lipinski definition) is 3. The van der Waals surface area contributed by atoms with E-state index in [4.69, 9.17) is 0 Å². The molecule has 1 unspecified atom stereocenters. The summed E-state index contributed by atoms with van der Waals surface area (Å²) in [7, 11) is 0. The molecule has 0 radical (unpaired) electrons. The van der Waals surface area contributed by atoms with Crippen molar-refractivity contribution in [1.82, 2.24) is 0 Å². The molecule has 0 spiro atoms. The summed E-state index contributed by atoms with van der Waals surface area (Å²) in [5.41, 5.74) is 1.11. The van der Waals surface area contributed by atoms with Crippen LogP contribution < -0.4 is 0 Å². The van der Waals surface area contributed by atoms with Gasteiger partial charge in [-0.2, -0.15) is 11.8 Å². The minimum Gasteiger partial charge on any atom is -0.294 e. The van der Waals surface area contributed by atoms with E-state index in [2.05, 4.69) is 0 Å². The van der Waals surface area contributed by atoms with E-state index in [1.165, 1.54) is 5.75 Å². The molecule has 1 aliphatic heterocycles. The van der Waals surface area contributed by atoms with Gasteiger partial charge < -0.3 is 0 Å². The summed E-state index contributed by atoms with van der Waals surface area (Å²) in [4.78, 5) is 11.5. The molecule has 1 heterocycles. The Kier molecular flexibility index (Phi) is 4.22. The molecule has 1 saturated heterocycles. The second-order valence-electron chi connectivity index (χ2n) is 3.06. The van der Waals surface area contributed by atoms with Crippen molar-refractivity contribution in [2.75, 3.05) is 17.3 Å². The van der Waals surface area contributed by atoms with Crippen LogP contribution in [0.5, 0.6) is 0 Å². The van der Waals surface area contributed by atoms with Gasteiger partial charge in [-0.15, -0.1) is 11.8 Å². The van der Waals surface area contributed by atoms with Crippen LogP contribution in [0, 0.1) is 0 Å². The molecule has 0 aromatic rings. The van der Waals surface area contributed by atoms with E-state index in [0.717, 1.165) is 17.1 Å². The fourth-order valence-electron chi connectivity index (χ4n) is 1.03. The van der Waals surface area contributed by atoms with Crippen LogP contribution in [0.1, 0.15) is 13.8 Å². The van der Waals surface area contributed by atoms with E-state index >= 15 is 0 Å². The average molecular weight is 202 g/mol. The van der Waals surface area contributed by atoms with E-state index in [-0.39, 0.29) is 5.25 Å². The number of hydrogen-bond donors (Lipinski definition) is 0. The monoisotopic (exact) mass is 202 g/mol. The number of carbonyl (C=O) groups excluding carboxylic acids is 1. The highest BCUT2D eigenvalue weighted by atomic mass is 32.2. The lowest BCUT2D eigenvalue weighted by molar-refractivity contribution is -0.113. The number of ketones is 1. The first-order chi connectivity index (χ1) is 5.70. The fourth-order valence-corrected chi connectivity index (χ4v) is 3.62. The Bertz CT molecular complexity index is 189. The first kappa shape index (κ1) is 10.2. The molecule has 0 saturated carbocycles. The fraction of sp³-hybridized carbons (Fsp3) is 0.667. The van der Waals surface area contributed by atoms with Gasteiger partial charge in [0.05, 0.1) is 5.25 Å². The van der Waals surface area contributed by atoms with E-state index in [0.29, 0.717) is 5.78 Å². The average Bonchev–Trinajstić information content (AvgIpc) is 2.05. The van der Waals surface area contributed by atoms with Gasteiger partial charge in [-0.05, 0) is 19.9 Å². The first-order valence-electron chi connectivity index (χ1n) is 4.08. The van der Waals surface area contributed by atoms with Gasteiger partial charge in [-0.3, -0.25) is 4.79 Å². The van der Waals surface area contributed by atoms with Gasteiger partial charge in [-0.25, -0.2) is 0 Å². The summed E-state index contributed by atoms with van der Waals surface area (Å²) >= 11 is 3.69. The van der Waals surface area contributed by atoms with Crippen LogP contribution in [0.15, 0.2) is 11.6 Å². The highest BCUT2D eigenvalue weighted by Gasteiger charge is 2.19. The number of rotatable bonds is 2. The Morgan fingerprint density at radius 1 is 1.42 bits per heavy atom. The van der Waals surface area contributed by atoms with Gasteiger partial charge in [0.2, 0.25) is 0 Å². The molecular formula is C9H14OS2. The third-order valence-electron chi connectivity index (χ3n) is 1.56. The van der Waals surface area contributed by atoms with Crippen molar-refractivity contribution in [2.45, 2.75) is 19.1 Å². The molecule has 3 heteroatoms. The molecule has 0 bridgehead atoms. The van der Waals surface area contributed by atoms with E-state index in [9.17, 15) is 4.79 Å². The molecular weight excluding hydrogens is 188 g/mol. The van der Waals surface area contributed by atoms with Crippen molar-refractivity contribution in [3.63, 3.8) is 0 Å². The summed E-state index contributed by atoms with van der Waals surface area (Å²) in [6.07, 6.45) is 1.77. The Labute approximate surface area is 82.4 Å². The van der Waals surface area contributed by atoms with E-state index in [1.54, 1.807) is 17.8 Å². The molecule has 0 amide bonds. The Hall–Kier alpha value is 0.110. The zero-order valence-electron chi connectivity index (χ0n) is 7.50. The maximum Gasteiger partial charge on any atom is 0.169 e. The quantitative estimate of drug-likeness (QED) is 0.640. The SMILES string of the molecule is CC(C)=CC(=O)C1CSCCS1. The summed E-state index contributed by atoms with van der Waals surface area (Å²) in [5, 5.41) is 0.221. The largest absolute Gasteiger partial charge is 0.294 e. The third kappa shape index (κ3) is 3.23. The Balaban J connectivity index is 2.45. The van der Waals surface area contributed by atoms with Gasteiger partial charge in [0.15, 0.2) is 5.78 Å². The number of carbonyl (C=O) groups is 1.